The van der Waals surface area contributed by atoms with Gasteiger partial charge in [-0.05, 0) is 38.5 Å². The molecule has 57 heavy (non-hydrogen) atoms. The van der Waals surface area contributed by atoms with Gasteiger partial charge in [-0.15, -0.1) is 0 Å². The van der Waals surface area contributed by atoms with Crippen molar-refractivity contribution in [2.24, 2.45) is 0 Å². The molecule has 0 aromatic heterocycles. The second-order valence-electron chi connectivity index (χ2n) is 18.0. The van der Waals surface area contributed by atoms with E-state index in [1.807, 2.05) is 0 Å². The van der Waals surface area contributed by atoms with Crippen LogP contribution < -0.4 is 0 Å². The van der Waals surface area contributed by atoms with Crippen LogP contribution in [-0.4, -0.2) is 37.0 Å². The van der Waals surface area contributed by atoms with Gasteiger partial charge >= 0.3 is 5.97 Å². The van der Waals surface area contributed by atoms with Crippen LogP contribution in [0.25, 0.3) is 0 Å². The Kier molecular flexibility index (Phi) is 50.5. The summed E-state index contributed by atoms with van der Waals surface area (Å²) in [4.78, 5) is 12.3. The van der Waals surface area contributed by atoms with Crippen LogP contribution in [0.15, 0.2) is 12.2 Å². The minimum Gasteiger partial charge on any atom is -0.457 e. The lowest BCUT2D eigenvalue weighted by Crippen LogP contribution is -2.27. The molecule has 0 aliphatic rings. The first kappa shape index (κ1) is 56.1. The standard InChI is InChI=1S/C53H104O4/c1-3-5-7-9-11-13-15-17-19-21-23-25-26-27-29-31-33-35-37-39-41-43-45-47-49-56-51-52(50-54)57-53(55)48-46-44-42-40-38-36-34-32-30-28-24-22-20-18-16-14-12-10-8-6-4-2/h21,23,52,54H,3-20,22,24-51H2,1-2H3/b23-21-. The summed E-state index contributed by atoms with van der Waals surface area (Å²) in [5.41, 5.74) is 0. The molecule has 0 fully saturated rings. The van der Waals surface area contributed by atoms with Crippen molar-refractivity contribution in [3.63, 3.8) is 0 Å². The number of aliphatic hydroxyl groups excluding tert-OH is 1. The summed E-state index contributed by atoms with van der Waals surface area (Å²) in [6, 6.07) is 0. The first-order valence-electron chi connectivity index (χ1n) is 26.3. The number of hydrogen-bond acceptors (Lipinski definition) is 4. The van der Waals surface area contributed by atoms with Gasteiger partial charge in [0.25, 0.3) is 0 Å². The fourth-order valence-electron chi connectivity index (χ4n) is 8.15. The van der Waals surface area contributed by atoms with Crippen LogP contribution in [0.3, 0.4) is 0 Å². The summed E-state index contributed by atoms with van der Waals surface area (Å²) >= 11 is 0. The Labute approximate surface area is 358 Å². The molecule has 0 saturated carbocycles. The van der Waals surface area contributed by atoms with Crippen LogP contribution >= 0.6 is 0 Å². The Morgan fingerprint density at radius 2 is 0.684 bits per heavy atom. The van der Waals surface area contributed by atoms with Crippen LogP contribution in [0.5, 0.6) is 0 Å². The molecular weight excluding hydrogens is 701 g/mol. The van der Waals surface area contributed by atoms with E-state index in [-0.39, 0.29) is 12.6 Å². The molecule has 340 valence electrons. The highest BCUT2D eigenvalue weighted by molar-refractivity contribution is 5.69. The summed E-state index contributed by atoms with van der Waals surface area (Å²) in [6.45, 7) is 5.41. The van der Waals surface area contributed by atoms with Gasteiger partial charge < -0.3 is 14.6 Å². The van der Waals surface area contributed by atoms with Crippen LogP contribution in [0, 0.1) is 0 Å². The number of carbonyl (C=O) groups is 1. The lowest BCUT2D eigenvalue weighted by atomic mass is 10.0. The zero-order chi connectivity index (χ0) is 41.2. The number of hydrogen-bond donors (Lipinski definition) is 1. The smallest absolute Gasteiger partial charge is 0.306 e. The van der Waals surface area contributed by atoms with Gasteiger partial charge in [-0.25, -0.2) is 0 Å². The van der Waals surface area contributed by atoms with E-state index in [9.17, 15) is 9.90 Å². The molecule has 0 aliphatic heterocycles. The largest absolute Gasteiger partial charge is 0.457 e. The summed E-state index contributed by atoms with van der Waals surface area (Å²) in [5, 5.41) is 9.65. The van der Waals surface area contributed by atoms with E-state index in [4.69, 9.17) is 9.47 Å². The number of allylic oxidation sites excluding steroid dienone is 2. The zero-order valence-corrected chi connectivity index (χ0v) is 39.1. The fraction of sp³-hybridized carbons (Fsp3) is 0.943. The molecule has 0 saturated heterocycles. The molecule has 1 unspecified atom stereocenters. The van der Waals surface area contributed by atoms with Gasteiger partial charge in [0.1, 0.15) is 6.10 Å². The van der Waals surface area contributed by atoms with Gasteiger partial charge in [-0.3, -0.25) is 4.79 Å². The highest BCUT2D eigenvalue weighted by Crippen LogP contribution is 2.17. The molecule has 0 bridgehead atoms. The van der Waals surface area contributed by atoms with Gasteiger partial charge in [0.05, 0.1) is 13.2 Å². The van der Waals surface area contributed by atoms with Crippen LogP contribution in [0.4, 0.5) is 0 Å². The SMILES string of the molecule is CCCCCCCCCC/C=C\CCCCCCCCCCCCCCOCC(CO)OC(=O)CCCCCCCCCCCCCCCCCCCCCCC. The predicted molar refractivity (Wildman–Crippen MR) is 251 cm³/mol. The Morgan fingerprint density at radius 1 is 0.404 bits per heavy atom. The lowest BCUT2D eigenvalue weighted by Gasteiger charge is -2.16. The number of carbonyl (C=O) groups excluding carboxylic acids is 1. The first-order chi connectivity index (χ1) is 28.2. The third kappa shape index (κ3) is 49.4. The Morgan fingerprint density at radius 3 is 1.00 bits per heavy atom. The fourth-order valence-corrected chi connectivity index (χ4v) is 8.15. The molecule has 4 heteroatoms. The van der Waals surface area contributed by atoms with Crippen molar-refractivity contribution >= 4 is 5.97 Å². The van der Waals surface area contributed by atoms with E-state index in [1.54, 1.807) is 0 Å². The molecule has 1 atom stereocenters. The third-order valence-electron chi connectivity index (χ3n) is 12.1. The van der Waals surface area contributed by atoms with E-state index in [2.05, 4.69) is 26.0 Å². The summed E-state index contributed by atoms with van der Waals surface area (Å²) in [7, 11) is 0. The molecule has 4 nitrogen and oxygen atoms in total. The Hall–Kier alpha value is -0.870. The number of rotatable bonds is 50. The van der Waals surface area contributed by atoms with Gasteiger partial charge in [-0.1, -0.05) is 264 Å². The van der Waals surface area contributed by atoms with Crippen molar-refractivity contribution < 1.29 is 19.4 Å². The van der Waals surface area contributed by atoms with Gasteiger partial charge in [0.15, 0.2) is 0 Å². The molecule has 1 N–H and O–H groups in total. The monoisotopic (exact) mass is 805 g/mol. The third-order valence-corrected chi connectivity index (χ3v) is 12.1. The van der Waals surface area contributed by atoms with Crippen molar-refractivity contribution in [3.8, 4) is 0 Å². The maximum Gasteiger partial charge on any atom is 0.306 e. The topological polar surface area (TPSA) is 55.8 Å². The zero-order valence-electron chi connectivity index (χ0n) is 39.1. The summed E-state index contributed by atoms with van der Waals surface area (Å²) in [6.07, 6.45) is 63.1. The van der Waals surface area contributed by atoms with E-state index in [1.165, 1.54) is 257 Å². The van der Waals surface area contributed by atoms with Gasteiger partial charge in [-0.2, -0.15) is 0 Å². The maximum absolute atomic E-state index is 12.3. The molecule has 0 aromatic carbocycles. The summed E-state index contributed by atoms with van der Waals surface area (Å²) < 4.78 is 11.2. The van der Waals surface area contributed by atoms with E-state index < -0.39 is 6.10 Å². The minimum atomic E-state index is -0.529. The Bertz CT molecular complexity index is 766. The molecule has 0 amide bonds. The second-order valence-corrected chi connectivity index (χ2v) is 18.0. The quantitative estimate of drug-likeness (QED) is 0.0378. The maximum atomic E-state index is 12.3. The number of unbranched alkanes of at least 4 members (excludes halogenated alkanes) is 40. The van der Waals surface area contributed by atoms with Crippen LogP contribution in [-0.2, 0) is 14.3 Å². The average molecular weight is 805 g/mol. The normalized spacial score (nSPS) is 12.3. The number of ether oxygens (including phenoxy) is 2. The van der Waals surface area contributed by atoms with Crippen molar-refractivity contribution in [3.05, 3.63) is 12.2 Å². The number of esters is 1. The molecule has 0 aliphatic carbocycles. The number of aliphatic hydroxyl groups is 1. The molecule has 0 radical (unpaired) electrons. The van der Waals surface area contributed by atoms with E-state index >= 15 is 0 Å². The second kappa shape index (κ2) is 51.3. The van der Waals surface area contributed by atoms with Crippen molar-refractivity contribution in [2.75, 3.05) is 19.8 Å². The van der Waals surface area contributed by atoms with Crippen LogP contribution in [0.1, 0.15) is 296 Å². The molecular formula is C53H104O4. The van der Waals surface area contributed by atoms with Crippen molar-refractivity contribution in [1.29, 1.82) is 0 Å². The van der Waals surface area contributed by atoms with Crippen molar-refractivity contribution in [1.82, 2.24) is 0 Å². The molecule has 0 spiro atoms. The minimum absolute atomic E-state index is 0.165. The predicted octanol–water partition coefficient (Wildman–Crippen LogP) is 17.7. The lowest BCUT2D eigenvalue weighted by molar-refractivity contribution is -0.154. The van der Waals surface area contributed by atoms with E-state index in [0.717, 1.165) is 19.3 Å². The molecule has 0 rings (SSSR count). The van der Waals surface area contributed by atoms with Crippen LogP contribution in [0.2, 0.25) is 0 Å². The summed E-state index contributed by atoms with van der Waals surface area (Å²) in [5.74, 6) is -0.192. The highest BCUT2D eigenvalue weighted by Gasteiger charge is 2.13. The van der Waals surface area contributed by atoms with Gasteiger partial charge in [0, 0.05) is 13.0 Å². The first-order valence-corrected chi connectivity index (χ1v) is 26.3. The molecule has 0 aromatic rings. The van der Waals surface area contributed by atoms with Gasteiger partial charge in [0.2, 0.25) is 0 Å². The van der Waals surface area contributed by atoms with Crippen molar-refractivity contribution in [2.45, 2.75) is 302 Å². The Balaban J connectivity index is 3.34. The highest BCUT2D eigenvalue weighted by atomic mass is 16.6. The average Bonchev–Trinajstić information content (AvgIpc) is 3.22. The van der Waals surface area contributed by atoms with E-state index in [0.29, 0.717) is 19.6 Å². The molecule has 0 heterocycles.